The van der Waals surface area contributed by atoms with Gasteiger partial charge in [-0.1, -0.05) is 31.9 Å². The predicted molar refractivity (Wildman–Crippen MR) is 102 cm³/mol. The van der Waals surface area contributed by atoms with Crippen molar-refractivity contribution >= 4 is 11.9 Å². The van der Waals surface area contributed by atoms with Gasteiger partial charge in [0.15, 0.2) is 0 Å². The normalized spacial score (nSPS) is 24.3. The van der Waals surface area contributed by atoms with Gasteiger partial charge in [0.2, 0.25) is 5.91 Å². The summed E-state index contributed by atoms with van der Waals surface area (Å²) < 4.78 is 5.48. The van der Waals surface area contributed by atoms with E-state index in [1.165, 1.54) is 6.92 Å². The summed E-state index contributed by atoms with van der Waals surface area (Å²) >= 11 is 0. The van der Waals surface area contributed by atoms with Crippen molar-refractivity contribution in [2.24, 2.45) is 17.0 Å². The lowest BCUT2D eigenvalue weighted by atomic mass is 9.86. The van der Waals surface area contributed by atoms with Crippen molar-refractivity contribution in [1.82, 2.24) is 10.6 Å². The number of esters is 1. The second-order valence-corrected chi connectivity index (χ2v) is 8.31. The number of rotatable bonds is 9. The molecule has 1 aliphatic rings. The first-order chi connectivity index (χ1) is 12.1. The zero-order chi connectivity index (χ0) is 19.9. The van der Waals surface area contributed by atoms with Crippen LogP contribution >= 0.6 is 0 Å². The number of nitroso groups, excluding NO2 is 1. The molecule has 1 fully saturated rings. The third-order valence-corrected chi connectivity index (χ3v) is 5.00. The first-order valence-corrected chi connectivity index (χ1v) is 9.66. The zero-order valence-corrected chi connectivity index (χ0v) is 17.0. The maximum absolute atomic E-state index is 12.5. The summed E-state index contributed by atoms with van der Waals surface area (Å²) in [7, 11) is 0. The van der Waals surface area contributed by atoms with Crippen LogP contribution < -0.4 is 10.6 Å². The van der Waals surface area contributed by atoms with Crippen molar-refractivity contribution in [3.63, 3.8) is 0 Å². The molecule has 0 aromatic rings. The molecule has 0 aromatic carbocycles. The van der Waals surface area contributed by atoms with Crippen LogP contribution in [0.5, 0.6) is 0 Å². The van der Waals surface area contributed by atoms with E-state index in [0.717, 1.165) is 19.3 Å². The zero-order valence-electron chi connectivity index (χ0n) is 17.0. The Morgan fingerprint density at radius 3 is 2.35 bits per heavy atom. The Hall–Kier alpha value is -1.50. The number of nitrogens with one attached hydrogen (secondary N) is 2. The smallest absolute Gasteiger partial charge is 0.323 e. The summed E-state index contributed by atoms with van der Waals surface area (Å²) in [5.74, 6) is -0.0587. The first kappa shape index (κ1) is 22.5. The SMILES string of the molecule is CCC(CC)C[C@H](NC(C)=O)[C@@H]1N[C@@H](C(=O)OC(C)(C)C)C[C@H]1CN=O. The van der Waals surface area contributed by atoms with Crippen LogP contribution in [0, 0.1) is 16.7 Å². The van der Waals surface area contributed by atoms with Gasteiger partial charge >= 0.3 is 5.97 Å². The summed E-state index contributed by atoms with van der Waals surface area (Å²) in [5, 5.41) is 9.40. The molecular weight excluding hydrogens is 334 g/mol. The van der Waals surface area contributed by atoms with Crippen LogP contribution in [-0.4, -0.2) is 42.1 Å². The van der Waals surface area contributed by atoms with Crippen LogP contribution in [0.4, 0.5) is 0 Å². The molecule has 1 saturated heterocycles. The van der Waals surface area contributed by atoms with Crippen molar-refractivity contribution in [3.05, 3.63) is 4.91 Å². The van der Waals surface area contributed by atoms with Gasteiger partial charge in [-0.25, -0.2) is 0 Å². The molecule has 0 spiro atoms. The standard InChI is InChI=1S/C19H35N3O4/c1-7-13(8-2)9-15(21-12(3)23)17-14(11-20-25)10-16(22-17)18(24)26-19(4,5)6/h13-17,22H,7-11H2,1-6H3,(H,21,23)/t14-,15-,16+,17+/m0/s1. The number of nitrogens with zero attached hydrogens (tertiary/aromatic N) is 1. The van der Waals surface area contributed by atoms with Gasteiger partial charge in [-0.15, -0.1) is 0 Å². The highest BCUT2D eigenvalue weighted by Gasteiger charge is 2.43. The topological polar surface area (TPSA) is 96.9 Å². The Morgan fingerprint density at radius 1 is 1.27 bits per heavy atom. The van der Waals surface area contributed by atoms with E-state index >= 15 is 0 Å². The van der Waals surface area contributed by atoms with E-state index in [9.17, 15) is 14.5 Å². The Morgan fingerprint density at radius 2 is 1.88 bits per heavy atom. The Labute approximate surface area is 157 Å². The van der Waals surface area contributed by atoms with E-state index in [4.69, 9.17) is 4.74 Å². The fourth-order valence-corrected chi connectivity index (χ4v) is 3.69. The number of ether oxygens (including phenoxy) is 1. The van der Waals surface area contributed by atoms with Crippen LogP contribution in [0.2, 0.25) is 0 Å². The molecule has 1 aliphatic heterocycles. The summed E-state index contributed by atoms with van der Waals surface area (Å²) in [5.41, 5.74) is -0.568. The van der Waals surface area contributed by atoms with Crippen molar-refractivity contribution in [1.29, 1.82) is 0 Å². The summed E-state index contributed by atoms with van der Waals surface area (Å²) in [4.78, 5) is 35.1. The van der Waals surface area contributed by atoms with Gasteiger partial charge in [0.05, 0.1) is 6.54 Å². The number of carbonyl (C=O) groups is 2. The molecule has 0 unspecified atom stereocenters. The highest BCUT2D eigenvalue weighted by atomic mass is 16.6. The average Bonchev–Trinajstić information content (AvgIpc) is 2.94. The van der Waals surface area contributed by atoms with E-state index in [1.807, 2.05) is 20.8 Å². The molecule has 0 aromatic heterocycles. The van der Waals surface area contributed by atoms with Crippen LogP contribution in [-0.2, 0) is 14.3 Å². The van der Waals surface area contributed by atoms with Crippen molar-refractivity contribution < 1.29 is 14.3 Å². The second-order valence-electron chi connectivity index (χ2n) is 8.31. The van der Waals surface area contributed by atoms with Crippen molar-refractivity contribution in [2.45, 2.75) is 91.0 Å². The molecule has 7 nitrogen and oxygen atoms in total. The molecule has 1 amide bonds. The highest BCUT2D eigenvalue weighted by molar-refractivity contribution is 5.77. The molecule has 0 aliphatic carbocycles. The van der Waals surface area contributed by atoms with Crippen molar-refractivity contribution in [3.8, 4) is 0 Å². The molecule has 1 heterocycles. The lowest BCUT2D eigenvalue weighted by Gasteiger charge is -2.31. The van der Waals surface area contributed by atoms with E-state index in [2.05, 4.69) is 29.7 Å². The summed E-state index contributed by atoms with van der Waals surface area (Å²) in [6.07, 6.45) is 3.34. The number of amides is 1. The Bertz CT molecular complexity index is 486. The maximum Gasteiger partial charge on any atom is 0.323 e. The minimum Gasteiger partial charge on any atom is -0.459 e. The van der Waals surface area contributed by atoms with Crippen LogP contribution in [0.3, 0.4) is 0 Å². The molecule has 2 N–H and O–H groups in total. The number of carbonyl (C=O) groups excluding carboxylic acids is 2. The van der Waals surface area contributed by atoms with Crippen molar-refractivity contribution in [2.75, 3.05) is 6.54 Å². The lowest BCUT2D eigenvalue weighted by molar-refractivity contribution is -0.157. The van der Waals surface area contributed by atoms with E-state index < -0.39 is 11.6 Å². The molecule has 0 bridgehead atoms. The summed E-state index contributed by atoms with van der Waals surface area (Å²) in [6, 6.07) is -0.796. The van der Waals surface area contributed by atoms with Gasteiger partial charge in [-0.05, 0) is 39.5 Å². The van der Waals surface area contributed by atoms with Crippen LogP contribution in [0.1, 0.15) is 67.2 Å². The molecule has 1 rings (SSSR count). The monoisotopic (exact) mass is 369 g/mol. The van der Waals surface area contributed by atoms with Crippen LogP contribution in [0.15, 0.2) is 5.18 Å². The average molecular weight is 370 g/mol. The predicted octanol–water partition coefficient (Wildman–Crippen LogP) is 2.77. The van der Waals surface area contributed by atoms with Gasteiger partial charge in [0, 0.05) is 24.9 Å². The molecule has 26 heavy (non-hydrogen) atoms. The minimum absolute atomic E-state index is 0.101. The second kappa shape index (κ2) is 10.00. The molecule has 7 heteroatoms. The van der Waals surface area contributed by atoms with E-state index in [1.54, 1.807) is 0 Å². The fourth-order valence-electron chi connectivity index (χ4n) is 3.69. The summed E-state index contributed by atoms with van der Waals surface area (Å²) in [6.45, 7) is 11.4. The largest absolute Gasteiger partial charge is 0.459 e. The van der Waals surface area contributed by atoms with E-state index in [0.29, 0.717) is 12.3 Å². The van der Waals surface area contributed by atoms with Gasteiger partial charge in [0.25, 0.3) is 0 Å². The third-order valence-electron chi connectivity index (χ3n) is 5.00. The first-order valence-electron chi connectivity index (χ1n) is 9.66. The van der Waals surface area contributed by atoms with Gasteiger partial charge in [0.1, 0.15) is 11.6 Å². The van der Waals surface area contributed by atoms with Gasteiger partial charge < -0.3 is 10.1 Å². The lowest BCUT2D eigenvalue weighted by Crippen LogP contribution is -2.52. The Balaban J connectivity index is 2.95. The molecule has 150 valence electrons. The van der Waals surface area contributed by atoms with Crippen LogP contribution in [0.25, 0.3) is 0 Å². The minimum atomic E-state index is -0.568. The maximum atomic E-state index is 12.5. The number of hydrogen-bond acceptors (Lipinski definition) is 6. The Kier molecular flexibility index (Phi) is 8.67. The molecule has 4 atom stereocenters. The molecule has 0 radical (unpaired) electrons. The highest BCUT2D eigenvalue weighted by Crippen LogP contribution is 2.29. The van der Waals surface area contributed by atoms with E-state index in [-0.39, 0.29) is 36.4 Å². The fraction of sp³-hybridized carbons (Fsp3) is 0.895. The number of hydrogen-bond donors (Lipinski definition) is 2. The van der Waals surface area contributed by atoms with Gasteiger partial charge in [-0.2, -0.15) is 4.91 Å². The molecule has 0 saturated carbocycles. The third kappa shape index (κ3) is 7.02. The quantitative estimate of drug-likeness (QED) is 0.481. The molecular formula is C19H35N3O4. The van der Waals surface area contributed by atoms with Gasteiger partial charge in [-0.3, -0.25) is 14.9 Å².